The Morgan fingerprint density at radius 1 is 1.50 bits per heavy atom. The molecule has 1 unspecified atom stereocenters. The largest absolute Gasteiger partial charge is 0.466 e. The molecular weight excluding hydrogens is 260 g/mol. The highest BCUT2D eigenvalue weighted by molar-refractivity contribution is 5.86. The van der Waals surface area contributed by atoms with Gasteiger partial charge in [-0.05, 0) is 30.9 Å². The van der Waals surface area contributed by atoms with Crippen LogP contribution in [0.25, 0.3) is 0 Å². The Balaban J connectivity index is 2.29. The number of aromatic nitrogens is 1. The molecule has 20 heavy (non-hydrogen) atoms. The van der Waals surface area contributed by atoms with Crippen molar-refractivity contribution in [3.05, 3.63) is 23.4 Å². The summed E-state index contributed by atoms with van der Waals surface area (Å²) in [5.74, 6) is 0.355. The molecule has 1 aromatic heterocycles. The highest BCUT2D eigenvalue weighted by Gasteiger charge is 2.28. The molecule has 0 radical (unpaired) electrons. The summed E-state index contributed by atoms with van der Waals surface area (Å²) in [5, 5.41) is 9.22. The highest BCUT2D eigenvalue weighted by atomic mass is 16.5. The van der Waals surface area contributed by atoms with Crippen LogP contribution in [0.4, 0.5) is 10.6 Å². The summed E-state index contributed by atoms with van der Waals surface area (Å²) in [5.41, 5.74) is 1.44. The second-order valence-corrected chi connectivity index (χ2v) is 4.82. The molecule has 1 aliphatic rings. The van der Waals surface area contributed by atoms with Crippen molar-refractivity contribution in [3.8, 4) is 0 Å². The number of hydrogen-bond donors (Lipinski definition) is 1. The first-order valence-electron chi connectivity index (χ1n) is 6.68. The van der Waals surface area contributed by atoms with Gasteiger partial charge in [-0.25, -0.2) is 9.78 Å². The van der Waals surface area contributed by atoms with Gasteiger partial charge in [0.1, 0.15) is 5.82 Å². The maximum absolute atomic E-state index is 11.5. The van der Waals surface area contributed by atoms with E-state index in [0.717, 1.165) is 12.0 Å². The molecule has 1 N–H and O–H groups in total. The molecule has 6 nitrogen and oxygen atoms in total. The first kappa shape index (κ1) is 14.3. The zero-order valence-corrected chi connectivity index (χ0v) is 11.6. The summed E-state index contributed by atoms with van der Waals surface area (Å²) >= 11 is 0. The van der Waals surface area contributed by atoms with Crippen LogP contribution in [-0.4, -0.2) is 35.3 Å². The number of carbonyl (C=O) groups excluding carboxylic acids is 1. The van der Waals surface area contributed by atoms with Crippen molar-refractivity contribution in [1.29, 1.82) is 0 Å². The summed E-state index contributed by atoms with van der Waals surface area (Å²) in [4.78, 5) is 28.3. The number of amides is 1. The second-order valence-electron chi connectivity index (χ2n) is 4.82. The van der Waals surface area contributed by atoms with Crippen molar-refractivity contribution in [3.63, 3.8) is 0 Å². The molecule has 0 fully saturated rings. The molecule has 108 valence electrons. The second kappa shape index (κ2) is 5.90. The van der Waals surface area contributed by atoms with E-state index in [4.69, 9.17) is 4.74 Å². The number of anilines is 1. The van der Waals surface area contributed by atoms with E-state index in [0.29, 0.717) is 24.7 Å². The molecule has 0 aliphatic carbocycles. The number of fused-ring (bicyclic) bond motifs is 1. The molecule has 0 spiro atoms. The topological polar surface area (TPSA) is 79.7 Å². The third-order valence-corrected chi connectivity index (χ3v) is 3.40. The third-order valence-electron chi connectivity index (χ3n) is 3.40. The van der Waals surface area contributed by atoms with Crippen LogP contribution in [0.2, 0.25) is 0 Å². The number of hydrogen-bond acceptors (Lipinski definition) is 4. The Kier molecular flexibility index (Phi) is 4.22. The summed E-state index contributed by atoms with van der Waals surface area (Å²) in [7, 11) is 0. The average molecular weight is 278 g/mol. The normalized spacial score (nSPS) is 17.5. The van der Waals surface area contributed by atoms with Gasteiger partial charge in [0, 0.05) is 6.54 Å². The maximum Gasteiger partial charge on any atom is 0.413 e. The predicted octanol–water partition coefficient (Wildman–Crippen LogP) is 2.18. The van der Waals surface area contributed by atoms with Crippen LogP contribution < -0.4 is 4.90 Å². The molecule has 1 aliphatic heterocycles. The molecule has 2 heterocycles. The first-order chi connectivity index (χ1) is 9.52. The van der Waals surface area contributed by atoms with Crippen molar-refractivity contribution in [2.45, 2.75) is 32.6 Å². The fourth-order valence-electron chi connectivity index (χ4n) is 2.33. The van der Waals surface area contributed by atoms with E-state index in [2.05, 4.69) is 4.98 Å². The number of nitrogens with zero attached hydrogens (tertiary/aromatic N) is 2. The minimum atomic E-state index is -1.01. The fraction of sp³-hybridized carbons (Fsp3) is 0.500. The Bertz CT molecular complexity index is 530. The highest BCUT2D eigenvalue weighted by Crippen LogP contribution is 2.33. The van der Waals surface area contributed by atoms with E-state index in [9.17, 15) is 14.7 Å². The van der Waals surface area contributed by atoms with E-state index < -0.39 is 6.09 Å². The van der Waals surface area contributed by atoms with Gasteiger partial charge in [-0.2, -0.15) is 0 Å². The smallest absolute Gasteiger partial charge is 0.413 e. The molecule has 6 heteroatoms. The van der Waals surface area contributed by atoms with Crippen molar-refractivity contribution < 1.29 is 19.4 Å². The Labute approximate surface area is 117 Å². The lowest BCUT2D eigenvalue weighted by atomic mass is 9.94. The Hall–Kier alpha value is -2.11. The monoisotopic (exact) mass is 278 g/mol. The van der Waals surface area contributed by atoms with Gasteiger partial charge >= 0.3 is 12.1 Å². The summed E-state index contributed by atoms with van der Waals surface area (Å²) in [6.45, 7) is 4.54. The Morgan fingerprint density at radius 3 is 2.90 bits per heavy atom. The van der Waals surface area contributed by atoms with E-state index in [1.807, 2.05) is 13.0 Å². The minimum absolute atomic E-state index is 0.0585. The van der Waals surface area contributed by atoms with Crippen LogP contribution in [0.5, 0.6) is 0 Å². The Morgan fingerprint density at radius 2 is 2.25 bits per heavy atom. The van der Waals surface area contributed by atoms with E-state index in [1.165, 1.54) is 4.90 Å². The van der Waals surface area contributed by atoms with Crippen LogP contribution in [-0.2, 0) is 16.0 Å². The molecule has 0 saturated carbocycles. The van der Waals surface area contributed by atoms with Gasteiger partial charge in [0.25, 0.3) is 0 Å². The van der Waals surface area contributed by atoms with E-state index in [1.54, 1.807) is 13.0 Å². The number of ether oxygens (including phenoxy) is 1. The average Bonchev–Trinajstić information content (AvgIpc) is 2.38. The molecule has 1 amide bonds. The van der Waals surface area contributed by atoms with Gasteiger partial charge < -0.3 is 9.84 Å². The van der Waals surface area contributed by atoms with Gasteiger partial charge in [0.2, 0.25) is 0 Å². The molecule has 1 atom stereocenters. The number of esters is 1. The zero-order valence-electron chi connectivity index (χ0n) is 11.6. The van der Waals surface area contributed by atoms with Crippen molar-refractivity contribution in [2.24, 2.45) is 0 Å². The van der Waals surface area contributed by atoms with Crippen LogP contribution in [0, 0.1) is 0 Å². The molecule has 1 aromatic rings. The van der Waals surface area contributed by atoms with Crippen LogP contribution >= 0.6 is 0 Å². The molecule has 0 saturated heterocycles. The molecule has 2 rings (SSSR count). The van der Waals surface area contributed by atoms with Crippen LogP contribution in [0.15, 0.2) is 12.1 Å². The number of carbonyl (C=O) groups is 2. The van der Waals surface area contributed by atoms with Gasteiger partial charge in [0.05, 0.1) is 18.7 Å². The maximum atomic E-state index is 11.5. The third kappa shape index (κ3) is 2.89. The minimum Gasteiger partial charge on any atom is -0.466 e. The van der Waals surface area contributed by atoms with E-state index >= 15 is 0 Å². The quantitative estimate of drug-likeness (QED) is 0.857. The van der Waals surface area contributed by atoms with Crippen LogP contribution in [0.3, 0.4) is 0 Å². The summed E-state index contributed by atoms with van der Waals surface area (Å²) in [6, 6.07) is 3.62. The van der Waals surface area contributed by atoms with Crippen molar-refractivity contribution >= 4 is 17.9 Å². The van der Waals surface area contributed by atoms with Gasteiger partial charge in [-0.3, -0.25) is 9.69 Å². The lowest BCUT2D eigenvalue weighted by Crippen LogP contribution is -2.36. The summed E-state index contributed by atoms with van der Waals surface area (Å²) < 4.78 is 4.88. The predicted molar refractivity (Wildman–Crippen MR) is 73.0 cm³/mol. The first-order valence-corrected chi connectivity index (χ1v) is 6.68. The van der Waals surface area contributed by atoms with Gasteiger partial charge in [-0.1, -0.05) is 13.0 Å². The summed E-state index contributed by atoms with van der Waals surface area (Å²) in [6.07, 6.45) is -0.180. The number of pyridine rings is 1. The van der Waals surface area contributed by atoms with Crippen LogP contribution in [0.1, 0.15) is 37.4 Å². The lowest BCUT2D eigenvalue weighted by molar-refractivity contribution is -0.142. The lowest BCUT2D eigenvalue weighted by Gasteiger charge is -2.30. The van der Waals surface area contributed by atoms with E-state index in [-0.39, 0.29) is 18.3 Å². The van der Waals surface area contributed by atoms with Crippen molar-refractivity contribution in [1.82, 2.24) is 4.98 Å². The zero-order chi connectivity index (χ0) is 14.7. The SMILES string of the molecule is CCOC(=O)Cc1ccc2c(n1)N(C(=O)O)CCC2C. The molecular formula is C14H18N2O4. The van der Waals surface area contributed by atoms with Gasteiger partial charge in [-0.15, -0.1) is 0 Å². The number of rotatable bonds is 3. The van der Waals surface area contributed by atoms with Crippen molar-refractivity contribution in [2.75, 3.05) is 18.1 Å². The fourth-order valence-corrected chi connectivity index (χ4v) is 2.33. The molecule has 0 aromatic carbocycles. The standard InChI is InChI=1S/C14H18N2O4/c1-3-20-12(17)8-10-4-5-11-9(2)6-7-16(14(18)19)13(11)15-10/h4-5,9H,3,6-8H2,1-2H3,(H,18,19). The number of carboxylic acid groups (broad SMARTS) is 1. The molecule has 0 bridgehead atoms. The van der Waals surface area contributed by atoms with Gasteiger partial charge in [0.15, 0.2) is 0 Å².